The molecule has 1 saturated heterocycles. The van der Waals surface area contributed by atoms with Gasteiger partial charge in [-0.25, -0.2) is 9.78 Å². The molecule has 166 valence electrons. The van der Waals surface area contributed by atoms with Gasteiger partial charge in [-0.2, -0.15) is 5.10 Å². The molecule has 1 atom stereocenters. The zero-order chi connectivity index (χ0) is 22.3. The van der Waals surface area contributed by atoms with E-state index in [1.54, 1.807) is 0 Å². The molecule has 8 nitrogen and oxygen atoms in total. The fraction of sp³-hybridized carbons (Fsp3) is 0.476. The van der Waals surface area contributed by atoms with E-state index >= 15 is 0 Å². The van der Waals surface area contributed by atoms with Gasteiger partial charge in [0, 0.05) is 23.0 Å². The molecule has 0 spiro atoms. The first-order valence-electron chi connectivity index (χ1n) is 10.2. The van der Waals surface area contributed by atoms with E-state index in [1.165, 1.54) is 7.11 Å². The van der Waals surface area contributed by atoms with E-state index < -0.39 is 5.97 Å². The van der Waals surface area contributed by atoms with Gasteiger partial charge in [0.15, 0.2) is 16.7 Å². The van der Waals surface area contributed by atoms with Crippen molar-refractivity contribution in [1.82, 2.24) is 25.1 Å². The SMILES string of the molecule is COC(=O)c1c(Cl)nc(CNc2n[nH]c3cc(Cl)c(C(C)(C)C)cc23)n1[C@@H]1CCNC1. The number of nitrogens with one attached hydrogen (secondary N) is 3. The van der Waals surface area contributed by atoms with Crippen LogP contribution in [0.5, 0.6) is 0 Å². The van der Waals surface area contributed by atoms with Gasteiger partial charge in [0.1, 0.15) is 5.82 Å². The second kappa shape index (κ2) is 8.33. The highest BCUT2D eigenvalue weighted by molar-refractivity contribution is 6.32. The predicted molar refractivity (Wildman–Crippen MR) is 122 cm³/mol. The average Bonchev–Trinajstić information content (AvgIpc) is 3.42. The van der Waals surface area contributed by atoms with Crippen LogP contribution in [0.3, 0.4) is 0 Å². The molecule has 1 fully saturated rings. The molecular formula is C21H26Cl2N6O2. The molecule has 3 aromatic rings. The number of benzene rings is 1. The number of rotatable bonds is 5. The maximum Gasteiger partial charge on any atom is 0.357 e. The van der Waals surface area contributed by atoms with E-state index in [0.29, 0.717) is 23.2 Å². The number of aromatic amines is 1. The van der Waals surface area contributed by atoms with Crippen molar-refractivity contribution in [1.29, 1.82) is 0 Å². The molecule has 0 unspecified atom stereocenters. The second-order valence-electron chi connectivity index (χ2n) is 8.73. The van der Waals surface area contributed by atoms with Crippen LogP contribution in [0.4, 0.5) is 5.82 Å². The van der Waals surface area contributed by atoms with Gasteiger partial charge in [-0.05, 0) is 36.1 Å². The Balaban J connectivity index is 1.68. The maximum absolute atomic E-state index is 12.4. The van der Waals surface area contributed by atoms with Crippen LogP contribution in [0, 0.1) is 0 Å². The van der Waals surface area contributed by atoms with Crippen molar-refractivity contribution in [2.75, 3.05) is 25.5 Å². The Bertz CT molecular complexity index is 1130. The minimum Gasteiger partial charge on any atom is -0.464 e. The third kappa shape index (κ3) is 4.12. The number of hydrogen-bond donors (Lipinski definition) is 3. The molecule has 2 aromatic heterocycles. The van der Waals surface area contributed by atoms with Gasteiger partial charge in [0.2, 0.25) is 0 Å². The minimum absolute atomic E-state index is 0.0770. The molecule has 4 rings (SSSR count). The first-order chi connectivity index (χ1) is 14.7. The molecule has 1 aromatic carbocycles. The molecule has 1 aliphatic heterocycles. The number of imidazole rings is 1. The zero-order valence-electron chi connectivity index (χ0n) is 18.0. The van der Waals surface area contributed by atoms with Crippen molar-refractivity contribution in [3.63, 3.8) is 0 Å². The fourth-order valence-corrected chi connectivity index (χ4v) is 4.73. The van der Waals surface area contributed by atoms with E-state index in [-0.39, 0.29) is 22.3 Å². The fourth-order valence-electron chi connectivity index (χ4n) is 4.02. The molecule has 0 aliphatic carbocycles. The minimum atomic E-state index is -0.495. The number of carbonyl (C=O) groups is 1. The first kappa shape index (κ1) is 21.9. The van der Waals surface area contributed by atoms with Crippen molar-refractivity contribution in [2.24, 2.45) is 0 Å². The summed E-state index contributed by atoms with van der Waals surface area (Å²) in [4.78, 5) is 16.8. The van der Waals surface area contributed by atoms with E-state index in [1.807, 2.05) is 10.6 Å². The lowest BCUT2D eigenvalue weighted by Gasteiger charge is -2.20. The summed E-state index contributed by atoms with van der Waals surface area (Å²) < 4.78 is 6.82. The largest absolute Gasteiger partial charge is 0.464 e. The Morgan fingerprint density at radius 3 is 2.77 bits per heavy atom. The third-order valence-electron chi connectivity index (χ3n) is 5.59. The number of esters is 1. The highest BCUT2D eigenvalue weighted by Crippen LogP contribution is 2.35. The summed E-state index contributed by atoms with van der Waals surface area (Å²) in [6.07, 6.45) is 0.877. The van der Waals surface area contributed by atoms with E-state index in [0.717, 1.165) is 36.0 Å². The molecule has 0 radical (unpaired) electrons. The second-order valence-corrected chi connectivity index (χ2v) is 9.49. The van der Waals surface area contributed by atoms with E-state index in [4.69, 9.17) is 27.9 Å². The van der Waals surface area contributed by atoms with Crippen molar-refractivity contribution < 1.29 is 9.53 Å². The van der Waals surface area contributed by atoms with Crippen LogP contribution >= 0.6 is 23.2 Å². The molecule has 0 saturated carbocycles. The summed E-state index contributed by atoms with van der Waals surface area (Å²) in [7, 11) is 1.34. The molecule has 1 aliphatic rings. The van der Waals surface area contributed by atoms with E-state index in [9.17, 15) is 4.79 Å². The monoisotopic (exact) mass is 464 g/mol. The number of halogens is 2. The number of fused-ring (bicyclic) bond motifs is 1. The van der Waals surface area contributed by atoms with Crippen LogP contribution in [-0.4, -0.2) is 45.9 Å². The Kier molecular flexibility index (Phi) is 5.89. The number of ether oxygens (including phenoxy) is 1. The summed E-state index contributed by atoms with van der Waals surface area (Å²) in [6.45, 7) is 8.32. The summed E-state index contributed by atoms with van der Waals surface area (Å²) in [5.74, 6) is 0.845. The molecule has 0 bridgehead atoms. The summed E-state index contributed by atoms with van der Waals surface area (Å²) in [6, 6.07) is 4.03. The number of H-pyrrole nitrogens is 1. The normalized spacial score (nSPS) is 16.8. The number of anilines is 1. The number of methoxy groups -OCH3 is 1. The molecule has 31 heavy (non-hydrogen) atoms. The van der Waals surface area contributed by atoms with Gasteiger partial charge in [-0.15, -0.1) is 0 Å². The van der Waals surface area contributed by atoms with Crippen molar-refractivity contribution in [3.05, 3.63) is 39.4 Å². The lowest BCUT2D eigenvalue weighted by atomic mass is 9.86. The van der Waals surface area contributed by atoms with Crippen molar-refractivity contribution in [3.8, 4) is 0 Å². The van der Waals surface area contributed by atoms with Crippen LogP contribution in [0.15, 0.2) is 12.1 Å². The average molecular weight is 465 g/mol. The molecule has 3 heterocycles. The summed E-state index contributed by atoms with van der Waals surface area (Å²) >= 11 is 12.8. The van der Waals surface area contributed by atoms with Gasteiger partial charge < -0.3 is 19.9 Å². The van der Waals surface area contributed by atoms with Crippen LogP contribution in [0.2, 0.25) is 10.2 Å². The van der Waals surface area contributed by atoms with Crippen LogP contribution in [0.25, 0.3) is 10.9 Å². The molecule has 0 amide bonds. The van der Waals surface area contributed by atoms with Crippen LogP contribution in [0.1, 0.15) is 55.1 Å². The number of carbonyl (C=O) groups excluding carboxylic acids is 1. The topological polar surface area (TPSA) is 96.9 Å². The summed E-state index contributed by atoms with van der Waals surface area (Å²) in [5.41, 5.74) is 2.07. The smallest absolute Gasteiger partial charge is 0.357 e. The van der Waals surface area contributed by atoms with Crippen LogP contribution in [-0.2, 0) is 16.7 Å². The number of aromatic nitrogens is 4. The van der Waals surface area contributed by atoms with Crippen LogP contribution < -0.4 is 10.6 Å². The predicted octanol–water partition coefficient (Wildman–Crippen LogP) is 4.30. The Morgan fingerprint density at radius 2 is 2.13 bits per heavy atom. The lowest BCUT2D eigenvalue weighted by Crippen LogP contribution is -2.22. The standard InChI is InChI=1S/C21H26Cl2N6O2/c1-21(2,3)13-7-12-15(8-14(13)22)27-28-19(12)25-10-16-26-18(23)17(20(30)31-4)29(16)11-5-6-24-9-11/h7-8,11,24H,5-6,9-10H2,1-4H3,(H2,25,27,28)/t11-/m1/s1. The Hall–Kier alpha value is -2.29. The van der Waals surface area contributed by atoms with Crippen molar-refractivity contribution in [2.45, 2.75) is 45.2 Å². The first-order valence-corrected chi connectivity index (χ1v) is 10.9. The molecule has 3 N–H and O–H groups in total. The third-order valence-corrected chi connectivity index (χ3v) is 6.17. The zero-order valence-corrected chi connectivity index (χ0v) is 19.5. The van der Waals surface area contributed by atoms with Gasteiger partial charge in [-0.1, -0.05) is 44.0 Å². The number of hydrogen-bond acceptors (Lipinski definition) is 6. The van der Waals surface area contributed by atoms with E-state index in [2.05, 4.69) is 52.7 Å². The highest BCUT2D eigenvalue weighted by Gasteiger charge is 2.29. The quantitative estimate of drug-likeness (QED) is 0.487. The molecule has 10 heteroatoms. The Labute approximate surface area is 190 Å². The molecular weight excluding hydrogens is 439 g/mol. The maximum atomic E-state index is 12.4. The highest BCUT2D eigenvalue weighted by atomic mass is 35.5. The Morgan fingerprint density at radius 1 is 1.35 bits per heavy atom. The van der Waals surface area contributed by atoms with Gasteiger partial charge >= 0.3 is 5.97 Å². The lowest BCUT2D eigenvalue weighted by molar-refractivity contribution is 0.0586. The van der Waals surface area contributed by atoms with Gasteiger partial charge in [-0.3, -0.25) is 5.10 Å². The van der Waals surface area contributed by atoms with Gasteiger partial charge in [0.05, 0.1) is 19.2 Å². The van der Waals surface area contributed by atoms with Gasteiger partial charge in [0.25, 0.3) is 0 Å². The van der Waals surface area contributed by atoms with Crippen molar-refractivity contribution >= 4 is 45.9 Å². The summed E-state index contributed by atoms with van der Waals surface area (Å²) in [5, 5.41) is 15.9. The number of nitrogens with zero attached hydrogens (tertiary/aromatic N) is 3.